The van der Waals surface area contributed by atoms with E-state index in [0.717, 1.165) is 32.3 Å². The van der Waals surface area contributed by atoms with Gasteiger partial charge in [0.15, 0.2) is 0 Å². The SMILES string of the molecule is CCCCCCCCOCCCNC(=O)CNC(=O)NC1CC1. The maximum absolute atomic E-state index is 11.5. The molecule has 134 valence electrons. The Balaban J connectivity index is 1.77. The van der Waals surface area contributed by atoms with E-state index in [-0.39, 0.29) is 18.5 Å². The predicted octanol–water partition coefficient (Wildman–Crippen LogP) is 2.33. The Morgan fingerprint density at radius 2 is 1.65 bits per heavy atom. The lowest BCUT2D eigenvalue weighted by Crippen LogP contribution is -2.43. The molecule has 0 heterocycles. The highest BCUT2D eigenvalue weighted by Gasteiger charge is 2.23. The molecule has 0 aromatic rings. The van der Waals surface area contributed by atoms with Crippen molar-refractivity contribution in [2.24, 2.45) is 0 Å². The molecule has 23 heavy (non-hydrogen) atoms. The minimum Gasteiger partial charge on any atom is -0.381 e. The Hall–Kier alpha value is -1.30. The number of ether oxygens (including phenoxy) is 1. The number of nitrogens with one attached hydrogen (secondary N) is 3. The smallest absolute Gasteiger partial charge is 0.315 e. The van der Waals surface area contributed by atoms with E-state index >= 15 is 0 Å². The molecule has 1 fully saturated rings. The first-order valence-corrected chi connectivity index (χ1v) is 9.11. The molecule has 0 unspecified atom stereocenters. The maximum atomic E-state index is 11.5. The molecule has 6 heteroatoms. The first kappa shape index (κ1) is 19.7. The van der Waals surface area contributed by atoms with Crippen molar-refractivity contribution in [2.45, 2.75) is 70.8 Å². The van der Waals surface area contributed by atoms with E-state index in [0.29, 0.717) is 19.2 Å². The van der Waals surface area contributed by atoms with Crippen LogP contribution in [0.1, 0.15) is 64.7 Å². The number of urea groups is 1. The highest BCUT2D eigenvalue weighted by atomic mass is 16.5. The molecule has 1 saturated carbocycles. The van der Waals surface area contributed by atoms with Crippen LogP contribution in [-0.2, 0) is 9.53 Å². The zero-order valence-corrected chi connectivity index (χ0v) is 14.5. The average Bonchev–Trinajstić information content (AvgIpc) is 3.34. The van der Waals surface area contributed by atoms with Crippen molar-refractivity contribution in [3.05, 3.63) is 0 Å². The summed E-state index contributed by atoms with van der Waals surface area (Å²) in [5, 5.41) is 8.09. The standard InChI is InChI=1S/C17H33N3O3/c1-2-3-4-5-6-7-12-23-13-8-11-18-16(21)14-19-17(22)20-15-9-10-15/h15H,2-14H2,1H3,(H,18,21)(H2,19,20,22). The molecule has 0 aromatic carbocycles. The molecule has 6 nitrogen and oxygen atoms in total. The van der Waals surface area contributed by atoms with E-state index in [1.807, 2.05) is 0 Å². The van der Waals surface area contributed by atoms with Crippen LogP contribution in [0.15, 0.2) is 0 Å². The summed E-state index contributed by atoms with van der Waals surface area (Å²) in [5.74, 6) is -0.160. The second kappa shape index (κ2) is 13.2. The van der Waals surface area contributed by atoms with Gasteiger partial charge in [0, 0.05) is 25.8 Å². The number of carbonyl (C=O) groups excluding carboxylic acids is 2. The molecule has 0 aliphatic heterocycles. The van der Waals surface area contributed by atoms with Gasteiger partial charge >= 0.3 is 6.03 Å². The van der Waals surface area contributed by atoms with E-state index < -0.39 is 0 Å². The minimum atomic E-state index is -0.259. The van der Waals surface area contributed by atoms with Gasteiger partial charge in [-0.3, -0.25) is 4.79 Å². The normalized spacial score (nSPS) is 13.6. The monoisotopic (exact) mass is 327 g/mol. The van der Waals surface area contributed by atoms with E-state index in [4.69, 9.17) is 4.74 Å². The number of hydrogen-bond acceptors (Lipinski definition) is 3. The largest absolute Gasteiger partial charge is 0.381 e. The molecule has 0 atom stereocenters. The van der Waals surface area contributed by atoms with Crippen LogP contribution in [0.2, 0.25) is 0 Å². The quantitative estimate of drug-likeness (QED) is 0.428. The van der Waals surface area contributed by atoms with Crippen molar-refractivity contribution in [1.29, 1.82) is 0 Å². The Morgan fingerprint density at radius 3 is 2.39 bits per heavy atom. The van der Waals surface area contributed by atoms with Crippen LogP contribution in [-0.4, -0.2) is 44.3 Å². The van der Waals surface area contributed by atoms with Gasteiger partial charge in [0.25, 0.3) is 0 Å². The Kier molecular flexibility index (Phi) is 11.3. The van der Waals surface area contributed by atoms with E-state index in [1.165, 1.54) is 32.1 Å². The van der Waals surface area contributed by atoms with Gasteiger partial charge in [-0.25, -0.2) is 4.79 Å². The average molecular weight is 327 g/mol. The molecule has 0 saturated heterocycles. The molecular formula is C17H33N3O3. The van der Waals surface area contributed by atoms with Gasteiger partial charge in [-0.05, 0) is 25.7 Å². The van der Waals surface area contributed by atoms with Crippen molar-refractivity contribution in [2.75, 3.05) is 26.3 Å². The molecule has 1 aliphatic rings. The molecule has 1 aliphatic carbocycles. The fraction of sp³-hybridized carbons (Fsp3) is 0.882. The molecule has 0 aromatic heterocycles. The van der Waals surface area contributed by atoms with Gasteiger partial charge in [0.05, 0.1) is 6.54 Å². The second-order valence-electron chi connectivity index (χ2n) is 6.18. The summed E-state index contributed by atoms with van der Waals surface area (Å²) >= 11 is 0. The highest BCUT2D eigenvalue weighted by Crippen LogP contribution is 2.18. The molecule has 0 radical (unpaired) electrons. The van der Waals surface area contributed by atoms with E-state index in [2.05, 4.69) is 22.9 Å². The molecule has 0 bridgehead atoms. The third-order valence-electron chi connectivity index (χ3n) is 3.75. The van der Waals surface area contributed by atoms with Gasteiger partial charge in [-0.1, -0.05) is 39.0 Å². The van der Waals surface area contributed by atoms with Crippen molar-refractivity contribution < 1.29 is 14.3 Å². The van der Waals surface area contributed by atoms with Gasteiger partial charge < -0.3 is 20.7 Å². The number of unbranched alkanes of at least 4 members (excludes halogenated alkanes) is 5. The topological polar surface area (TPSA) is 79.5 Å². The molecule has 0 spiro atoms. The molecule has 3 amide bonds. The van der Waals surface area contributed by atoms with Crippen LogP contribution in [0.25, 0.3) is 0 Å². The summed E-state index contributed by atoms with van der Waals surface area (Å²) < 4.78 is 5.54. The Bertz CT molecular complexity index is 333. The lowest BCUT2D eigenvalue weighted by molar-refractivity contribution is -0.120. The minimum absolute atomic E-state index is 0.0250. The zero-order chi connectivity index (χ0) is 16.8. The van der Waals surface area contributed by atoms with Crippen LogP contribution in [0.4, 0.5) is 4.79 Å². The summed E-state index contributed by atoms with van der Waals surface area (Å²) in [7, 11) is 0. The van der Waals surface area contributed by atoms with Crippen molar-refractivity contribution in [3.8, 4) is 0 Å². The molecule has 1 rings (SSSR count). The van der Waals surface area contributed by atoms with Crippen LogP contribution in [0, 0.1) is 0 Å². The Labute approximate surface area is 140 Å². The number of hydrogen-bond donors (Lipinski definition) is 3. The van der Waals surface area contributed by atoms with Crippen LogP contribution < -0.4 is 16.0 Å². The fourth-order valence-corrected chi connectivity index (χ4v) is 2.18. The molecular weight excluding hydrogens is 294 g/mol. The maximum Gasteiger partial charge on any atom is 0.315 e. The van der Waals surface area contributed by atoms with Crippen molar-refractivity contribution in [1.82, 2.24) is 16.0 Å². The van der Waals surface area contributed by atoms with Crippen LogP contribution in [0.3, 0.4) is 0 Å². The third-order valence-corrected chi connectivity index (χ3v) is 3.75. The van der Waals surface area contributed by atoms with Crippen molar-refractivity contribution >= 4 is 11.9 Å². The van der Waals surface area contributed by atoms with Gasteiger partial charge in [-0.15, -0.1) is 0 Å². The lowest BCUT2D eigenvalue weighted by atomic mass is 10.1. The number of amides is 3. The fourth-order valence-electron chi connectivity index (χ4n) is 2.18. The highest BCUT2D eigenvalue weighted by molar-refractivity contribution is 5.84. The Morgan fingerprint density at radius 1 is 0.957 bits per heavy atom. The van der Waals surface area contributed by atoms with Crippen LogP contribution in [0.5, 0.6) is 0 Å². The van der Waals surface area contributed by atoms with Crippen molar-refractivity contribution in [3.63, 3.8) is 0 Å². The summed E-state index contributed by atoms with van der Waals surface area (Å²) in [4.78, 5) is 22.9. The van der Waals surface area contributed by atoms with E-state index in [9.17, 15) is 9.59 Å². The van der Waals surface area contributed by atoms with E-state index in [1.54, 1.807) is 0 Å². The zero-order valence-electron chi connectivity index (χ0n) is 14.5. The number of carbonyl (C=O) groups is 2. The third kappa shape index (κ3) is 12.9. The summed E-state index contributed by atoms with van der Waals surface area (Å²) in [6, 6.07) is 0.0479. The second-order valence-corrected chi connectivity index (χ2v) is 6.18. The summed E-state index contributed by atoms with van der Waals surface area (Å²) in [6.07, 6.45) is 10.5. The first-order valence-electron chi connectivity index (χ1n) is 9.11. The van der Waals surface area contributed by atoms with Gasteiger partial charge in [-0.2, -0.15) is 0 Å². The first-order chi connectivity index (χ1) is 11.2. The van der Waals surface area contributed by atoms with Crippen LogP contribution >= 0.6 is 0 Å². The summed E-state index contributed by atoms with van der Waals surface area (Å²) in [5.41, 5.74) is 0. The number of rotatable bonds is 14. The summed E-state index contributed by atoms with van der Waals surface area (Å²) in [6.45, 7) is 4.31. The molecule has 3 N–H and O–H groups in total. The van der Waals surface area contributed by atoms with Gasteiger partial charge in [0.1, 0.15) is 0 Å². The predicted molar refractivity (Wildman–Crippen MR) is 91.4 cm³/mol. The lowest BCUT2D eigenvalue weighted by Gasteiger charge is -2.08. The van der Waals surface area contributed by atoms with Gasteiger partial charge in [0.2, 0.25) is 5.91 Å².